The highest BCUT2D eigenvalue weighted by atomic mass is 32.1. The number of aliphatic imine (C=N–C) groups is 1. The number of hydrogen-bond acceptors (Lipinski definition) is 5. The first-order chi connectivity index (χ1) is 14.7. The Morgan fingerprint density at radius 3 is 2.77 bits per heavy atom. The van der Waals surface area contributed by atoms with E-state index in [9.17, 15) is 8.78 Å². The van der Waals surface area contributed by atoms with Gasteiger partial charge in [-0.25, -0.2) is 4.99 Å². The van der Waals surface area contributed by atoms with Crippen LogP contribution in [0.15, 0.2) is 46.8 Å². The van der Waals surface area contributed by atoms with Crippen LogP contribution in [0.5, 0.6) is 5.75 Å². The Morgan fingerprint density at radius 1 is 1.23 bits per heavy atom. The topological polar surface area (TPSA) is 58.1 Å². The summed E-state index contributed by atoms with van der Waals surface area (Å²) >= 11 is 1.75. The van der Waals surface area contributed by atoms with Crippen molar-refractivity contribution in [1.82, 2.24) is 15.5 Å². The molecule has 6 nitrogen and oxygen atoms in total. The number of rotatable bonds is 9. The van der Waals surface area contributed by atoms with E-state index in [2.05, 4.69) is 42.8 Å². The molecule has 1 aliphatic heterocycles. The molecule has 0 aliphatic carbocycles. The summed E-state index contributed by atoms with van der Waals surface area (Å²) in [6, 6.07) is 11.1. The largest absolute Gasteiger partial charge is 0.435 e. The first-order valence-electron chi connectivity index (χ1n) is 10.1. The molecule has 0 bridgehead atoms. The van der Waals surface area contributed by atoms with Gasteiger partial charge < -0.3 is 20.1 Å². The van der Waals surface area contributed by atoms with Crippen molar-refractivity contribution in [2.24, 2.45) is 4.99 Å². The van der Waals surface area contributed by atoms with Gasteiger partial charge in [0.25, 0.3) is 0 Å². The molecule has 3 rings (SSSR count). The third-order valence-corrected chi connectivity index (χ3v) is 5.68. The van der Waals surface area contributed by atoms with E-state index in [4.69, 9.17) is 4.74 Å². The Hall–Kier alpha value is -2.23. The summed E-state index contributed by atoms with van der Waals surface area (Å²) in [7, 11) is 0. The van der Waals surface area contributed by atoms with Crippen molar-refractivity contribution in [1.29, 1.82) is 0 Å². The number of nitrogens with zero attached hydrogens (tertiary/aromatic N) is 2. The van der Waals surface area contributed by atoms with Gasteiger partial charge in [-0.2, -0.15) is 8.78 Å². The van der Waals surface area contributed by atoms with Crippen LogP contribution in [0, 0.1) is 0 Å². The van der Waals surface area contributed by atoms with Crippen LogP contribution in [0.3, 0.4) is 0 Å². The van der Waals surface area contributed by atoms with E-state index >= 15 is 0 Å². The molecule has 2 N–H and O–H groups in total. The molecule has 1 unspecified atom stereocenters. The molecule has 0 spiro atoms. The van der Waals surface area contributed by atoms with E-state index in [-0.39, 0.29) is 11.8 Å². The Morgan fingerprint density at radius 2 is 2.07 bits per heavy atom. The molecule has 1 aromatic carbocycles. The lowest BCUT2D eigenvalue weighted by molar-refractivity contribution is -0.0498. The molecule has 1 atom stereocenters. The fourth-order valence-electron chi connectivity index (χ4n) is 3.31. The average molecular weight is 439 g/mol. The van der Waals surface area contributed by atoms with Crippen molar-refractivity contribution >= 4 is 17.3 Å². The fraction of sp³-hybridized carbons (Fsp3) is 0.476. The molecule has 1 fully saturated rings. The number of ether oxygens (including phenoxy) is 2. The van der Waals surface area contributed by atoms with Gasteiger partial charge in [0.15, 0.2) is 5.96 Å². The van der Waals surface area contributed by atoms with Crippen molar-refractivity contribution in [3.8, 4) is 5.75 Å². The third kappa shape index (κ3) is 6.93. The number of thiophene rings is 1. The zero-order valence-electron chi connectivity index (χ0n) is 17.0. The quantitative estimate of drug-likeness (QED) is 0.464. The van der Waals surface area contributed by atoms with Crippen molar-refractivity contribution in [3.05, 3.63) is 52.2 Å². The van der Waals surface area contributed by atoms with Crippen LogP contribution < -0.4 is 15.4 Å². The van der Waals surface area contributed by atoms with Crippen molar-refractivity contribution < 1.29 is 18.3 Å². The van der Waals surface area contributed by atoms with Crippen molar-refractivity contribution in [2.75, 3.05) is 39.4 Å². The number of morpholine rings is 1. The minimum atomic E-state index is -2.84. The minimum absolute atomic E-state index is 0.140. The minimum Gasteiger partial charge on any atom is -0.435 e. The predicted octanol–water partition coefficient (Wildman–Crippen LogP) is 3.48. The summed E-state index contributed by atoms with van der Waals surface area (Å²) in [6.07, 6.45) is 0. The standard InChI is InChI=1S/C21H28F2N4O2S/c1-2-24-21(25-14-16-5-3-6-17(13-16)29-20(22)23)26-15-18(19-7-4-12-30-19)27-8-10-28-11-9-27/h3-7,12-13,18,20H,2,8-11,14-15H2,1H3,(H2,24,25,26). The Labute approximate surface area is 179 Å². The Balaban J connectivity index is 1.64. The van der Waals surface area contributed by atoms with Gasteiger partial charge in [0.2, 0.25) is 0 Å². The summed E-state index contributed by atoms with van der Waals surface area (Å²) in [6.45, 7) is 4.24. The van der Waals surface area contributed by atoms with Gasteiger partial charge in [0, 0.05) is 31.1 Å². The summed E-state index contributed by atoms with van der Waals surface area (Å²) < 4.78 is 34.8. The SMILES string of the molecule is CCNC(=NCc1cccc(OC(F)F)c1)NCC(c1cccs1)N1CCOCC1. The molecule has 0 saturated carbocycles. The highest BCUT2D eigenvalue weighted by Crippen LogP contribution is 2.25. The smallest absolute Gasteiger partial charge is 0.387 e. The Kier molecular flexibility index (Phi) is 8.85. The molecule has 0 amide bonds. The number of nitrogens with one attached hydrogen (secondary N) is 2. The molecule has 1 aromatic heterocycles. The van der Waals surface area contributed by atoms with Gasteiger partial charge in [0.05, 0.1) is 25.8 Å². The molecular weight excluding hydrogens is 410 g/mol. The zero-order valence-corrected chi connectivity index (χ0v) is 17.8. The van der Waals surface area contributed by atoms with Crippen LogP contribution in [-0.2, 0) is 11.3 Å². The zero-order chi connectivity index (χ0) is 21.2. The Bertz CT molecular complexity index is 783. The van der Waals surface area contributed by atoms with Gasteiger partial charge in [-0.05, 0) is 36.1 Å². The number of halogens is 2. The number of guanidine groups is 1. The van der Waals surface area contributed by atoms with Crippen molar-refractivity contribution in [2.45, 2.75) is 26.1 Å². The molecule has 2 aromatic rings. The van der Waals surface area contributed by atoms with E-state index in [1.54, 1.807) is 23.5 Å². The molecule has 30 heavy (non-hydrogen) atoms. The molecular formula is C21H28F2N4O2S. The van der Waals surface area contributed by atoms with Gasteiger partial charge in [0.1, 0.15) is 5.75 Å². The van der Waals surface area contributed by atoms with Gasteiger partial charge in [-0.15, -0.1) is 11.3 Å². The second-order valence-electron chi connectivity index (χ2n) is 6.78. The maximum atomic E-state index is 12.4. The van der Waals surface area contributed by atoms with Crippen LogP contribution in [0.2, 0.25) is 0 Å². The van der Waals surface area contributed by atoms with Crippen molar-refractivity contribution in [3.63, 3.8) is 0 Å². The lowest BCUT2D eigenvalue weighted by atomic mass is 10.2. The van der Waals surface area contributed by atoms with Gasteiger partial charge >= 0.3 is 6.61 Å². The van der Waals surface area contributed by atoms with E-state index in [0.717, 1.165) is 38.4 Å². The summed E-state index contributed by atoms with van der Waals surface area (Å²) in [4.78, 5) is 8.34. The van der Waals surface area contributed by atoms with E-state index in [0.29, 0.717) is 19.0 Å². The van der Waals surface area contributed by atoms with Gasteiger partial charge in [-0.3, -0.25) is 4.90 Å². The summed E-state index contributed by atoms with van der Waals surface area (Å²) in [5.41, 5.74) is 0.799. The molecule has 1 saturated heterocycles. The lowest BCUT2D eigenvalue weighted by Crippen LogP contribution is -2.46. The molecule has 0 radical (unpaired) electrons. The van der Waals surface area contributed by atoms with E-state index < -0.39 is 6.61 Å². The third-order valence-electron chi connectivity index (χ3n) is 4.71. The van der Waals surface area contributed by atoms with Crippen LogP contribution in [-0.4, -0.2) is 56.9 Å². The predicted molar refractivity (Wildman–Crippen MR) is 115 cm³/mol. The molecule has 9 heteroatoms. The number of benzene rings is 1. The van der Waals surface area contributed by atoms with E-state index in [1.807, 2.05) is 13.0 Å². The first kappa shape index (κ1) is 22.5. The van der Waals surface area contributed by atoms with E-state index in [1.165, 1.54) is 10.9 Å². The average Bonchev–Trinajstić information content (AvgIpc) is 3.27. The van der Waals surface area contributed by atoms with Crippen LogP contribution in [0.1, 0.15) is 23.4 Å². The molecule has 1 aliphatic rings. The maximum absolute atomic E-state index is 12.4. The second kappa shape index (κ2) is 11.8. The first-order valence-corrected chi connectivity index (χ1v) is 10.9. The molecule has 2 heterocycles. The van der Waals surface area contributed by atoms with Gasteiger partial charge in [-0.1, -0.05) is 18.2 Å². The van der Waals surface area contributed by atoms with Crippen LogP contribution >= 0.6 is 11.3 Å². The number of alkyl halides is 2. The summed E-state index contributed by atoms with van der Waals surface area (Å²) in [5, 5.41) is 8.78. The second-order valence-corrected chi connectivity index (χ2v) is 7.76. The monoisotopic (exact) mass is 438 g/mol. The summed E-state index contributed by atoms with van der Waals surface area (Å²) in [5.74, 6) is 0.827. The lowest BCUT2D eigenvalue weighted by Gasteiger charge is -2.34. The molecule has 164 valence electrons. The number of hydrogen-bond donors (Lipinski definition) is 2. The van der Waals surface area contributed by atoms with Crippen LogP contribution in [0.4, 0.5) is 8.78 Å². The maximum Gasteiger partial charge on any atom is 0.387 e. The highest BCUT2D eigenvalue weighted by molar-refractivity contribution is 7.10. The highest BCUT2D eigenvalue weighted by Gasteiger charge is 2.23. The fourth-order valence-corrected chi connectivity index (χ4v) is 4.17. The normalized spacial score (nSPS) is 16.5. The van der Waals surface area contributed by atoms with Crippen LogP contribution in [0.25, 0.3) is 0 Å².